The number of carbonyl (C=O) groups is 2. The number of alkyl carbamates (subject to hydrolysis) is 1. The summed E-state index contributed by atoms with van der Waals surface area (Å²) in [5.74, 6) is -0.760. The van der Waals surface area contributed by atoms with Crippen LogP contribution in [0.25, 0.3) is 11.1 Å². The topological polar surface area (TPSA) is 120 Å². The Morgan fingerprint density at radius 2 is 1.58 bits per heavy atom. The van der Waals surface area contributed by atoms with Crippen LogP contribution in [0.5, 0.6) is 5.75 Å². The second kappa shape index (κ2) is 14.6. The number of ether oxygens (including phenoxy) is 2. The van der Waals surface area contributed by atoms with Gasteiger partial charge in [-0.1, -0.05) is 42.5 Å². The van der Waals surface area contributed by atoms with Crippen LogP contribution in [-0.2, 0) is 40.5 Å². The summed E-state index contributed by atoms with van der Waals surface area (Å²) in [5.41, 5.74) is 1.63. The summed E-state index contributed by atoms with van der Waals surface area (Å²) in [6.07, 6.45) is -5.68. The molecule has 3 aromatic carbocycles. The standard InChI is InChI=1S/C33H39F3N2O6S/c1-31(2,3)44-30(41)37-19-21-10-9-12-23(14-21)25-15-22(20-43-27-13-8-7-11-24(27)18-28(39)40)16-26(17-25)29(33(34,35)36)38-45(42)32(4,5)6/h7-17,29,38H,18-20H2,1-6H3,(H,37,41)(H,39,40). The highest BCUT2D eigenvalue weighted by Gasteiger charge is 2.46. The molecular weight excluding hydrogens is 609 g/mol. The number of para-hydroxylation sites is 1. The van der Waals surface area contributed by atoms with Crippen LogP contribution in [0.4, 0.5) is 18.0 Å². The Kier molecular flexibility index (Phi) is 11.6. The molecule has 0 spiro atoms. The normalized spacial score (nSPS) is 13.6. The maximum Gasteiger partial charge on any atom is 0.412 e. The largest absolute Gasteiger partial charge is 0.598 e. The molecule has 0 radical (unpaired) electrons. The lowest BCUT2D eigenvalue weighted by Gasteiger charge is -2.29. The van der Waals surface area contributed by atoms with Gasteiger partial charge in [-0.3, -0.25) is 4.79 Å². The van der Waals surface area contributed by atoms with E-state index in [2.05, 4.69) is 10.0 Å². The molecule has 0 bridgehead atoms. The third kappa shape index (κ3) is 11.3. The van der Waals surface area contributed by atoms with Gasteiger partial charge < -0.3 is 24.4 Å². The SMILES string of the molecule is CC(C)(C)OC(=O)NCc1cccc(-c2cc(COc3ccccc3CC(=O)O)cc(C(N[S+]([O-])C(C)(C)C)C(F)(F)F)c2)c1. The van der Waals surface area contributed by atoms with Gasteiger partial charge in [-0.25, -0.2) is 4.79 Å². The summed E-state index contributed by atoms with van der Waals surface area (Å²) < 4.78 is 68.7. The highest BCUT2D eigenvalue weighted by Crippen LogP contribution is 2.37. The van der Waals surface area contributed by atoms with E-state index < -0.39 is 46.0 Å². The van der Waals surface area contributed by atoms with Crippen molar-refractivity contribution in [2.45, 2.75) is 83.7 Å². The molecule has 3 aromatic rings. The first kappa shape index (κ1) is 35.7. The molecule has 0 aliphatic heterocycles. The molecule has 0 aliphatic rings. The molecule has 2 atom stereocenters. The average Bonchev–Trinajstić information content (AvgIpc) is 2.92. The summed E-state index contributed by atoms with van der Waals surface area (Å²) in [6.45, 7) is 9.91. The molecule has 0 heterocycles. The molecule has 45 heavy (non-hydrogen) atoms. The van der Waals surface area contributed by atoms with Crippen LogP contribution in [0.3, 0.4) is 0 Å². The number of halogens is 3. The van der Waals surface area contributed by atoms with Crippen LogP contribution >= 0.6 is 0 Å². The quantitative estimate of drug-likeness (QED) is 0.188. The smallest absolute Gasteiger partial charge is 0.412 e. The monoisotopic (exact) mass is 648 g/mol. The van der Waals surface area contributed by atoms with E-state index in [1.54, 1.807) is 96.1 Å². The van der Waals surface area contributed by atoms with Crippen LogP contribution in [0, 0.1) is 0 Å². The van der Waals surface area contributed by atoms with Gasteiger partial charge >= 0.3 is 18.2 Å². The minimum absolute atomic E-state index is 0.121. The molecule has 3 N–H and O–H groups in total. The average molecular weight is 649 g/mol. The number of carboxylic acid groups (broad SMARTS) is 1. The van der Waals surface area contributed by atoms with Crippen molar-refractivity contribution in [1.29, 1.82) is 0 Å². The Morgan fingerprint density at radius 3 is 2.20 bits per heavy atom. The van der Waals surface area contributed by atoms with Crippen molar-refractivity contribution in [2.75, 3.05) is 0 Å². The number of benzene rings is 3. The first-order valence-corrected chi connectivity index (χ1v) is 15.3. The van der Waals surface area contributed by atoms with E-state index >= 15 is 0 Å². The Hall–Kier alpha value is -3.74. The fraction of sp³-hybridized carbons (Fsp3) is 0.394. The minimum atomic E-state index is -4.79. The van der Waals surface area contributed by atoms with Crippen molar-refractivity contribution in [1.82, 2.24) is 10.0 Å². The van der Waals surface area contributed by atoms with E-state index in [9.17, 15) is 32.4 Å². The molecule has 12 heteroatoms. The Morgan fingerprint density at radius 1 is 0.911 bits per heavy atom. The van der Waals surface area contributed by atoms with Crippen molar-refractivity contribution in [3.05, 3.63) is 89.0 Å². The number of hydrogen-bond acceptors (Lipinski definition) is 6. The highest BCUT2D eigenvalue weighted by molar-refractivity contribution is 7.90. The number of carbonyl (C=O) groups excluding carboxylic acids is 1. The first-order valence-electron chi connectivity index (χ1n) is 14.2. The number of alkyl halides is 3. The van der Waals surface area contributed by atoms with E-state index in [-0.39, 0.29) is 25.1 Å². The van der Waals surface area contributed by atoms with Crippen LogP contribution in [0.1, 0.15) is 69.8 Å². The van der Waals surface area contributed by atoms with Gasteiger partial charge in [-0.2, -0.15) is 13.2 Å². The van der Waals surface area contributed by atoms with Crippen molar-refractivity contribution < 1.29 is 41.9 Å². The van der Waals surface area contributed by atoms with E-state index in [1.165, 1.54) is 12.1 Å². The van der Waals surface area contributed by atoms with Crippen LogP contribution < -0.4 is 14.8 Å². The fourth-order valence-corrected chi connectivity index (χ4v) is 5.04. The molecule has 244 valence electrons. The Bertz CT molecular complexity index is 1480. The summed E-state index contributed by atoms with van der Waals surface area (Å²) >= 11 is -2.04. The van der Waals surface area contributed by atoms with Crippen molar-refractivity contribution >= 4 is 23.4 Å². The van der Waals surface area contributed by atoms with Gasteiger partial charge in [0.05, 0.1) is 6.42 Å². The zero-order valence-electron chi connectivity index (χ0n) is 26.1. The molecule has 0 aliphatic carbocycles. The summed E-state index contributed by atoms with van der Waals surface area (Å²) in [7, 11) is 0. The first-order chi connectivity index (χ1) is 20.8. The number of carboxylic acids is 1. The van der Waals surface area contributed by atoms with Crippen LogP contribution in [-0.4, -0.2) is 38.2 Å². The second-order valence-electron chi connectivity index (χ2n) is 12.5. The van der Waals surface area contributed by atoms with E-state index in [0.29, 0.717) is 33.6 Å². The van der Waals surface area contributed by atoms with Gasteiger partial charge in [-0.05, 0) is 93.6 Å². The lowest BCUT2D eigenvalue weighted by Crippen LogP contribution is -2.45. The van der Waals surface area contributed by atoms with Gasteiger partial charge in [0, 0.05) is 23.5 Å². The van der Waals surface area contributed by atoms with Crippen molar-refractivity contribution in [3.63, 3.8) is 0 Å². The minimum Gasteiger partial charge on any atom is -0.598 e. The third-order valence-corrected chi connectivity index (χ3v) is 7.82. The molecule has 3 rings (SSSR count). The maximum atomic E-state index is 14.5. The molecule has 0 aromatic heterocycles. The van der Waals surface area contributed by atoms with Gasteiger partial charge in [0.2, 0.25) is 0 Å². The lowest BCUT2D eigenvalue weighted by molar-refractivity contribution is -0.153. The number of amides is 1. The van der Waals surface area contributed by atoms with Gasteiger partial charge in [0.25, 0.3) is 0 Å². The zero-order chi connectivity index (χ0) is 33.6. The number of hydrogen-bond donors (Lipinski definition) is 3. The predicted molar refractivity (Wildman–Crippen MR) is 167 cm³/mol. The molecule has 0 saturated heterocycles. The Balaban J connectivity index is 2.02. The second-order valence-corrected chi connectivity index (χ2v) is 14.5. The predicted octanol–water partition coefficient (Wildman–Crippen LogP) is 7.24. The molecule has 8 nitrogen and oxygen atoms in total. The maximum absolute atomic E-state index is 14.5. The zero-order valence-corrected chi connectivity index (χ0v) is 26.9. The highest BCUT2D eigenvalue weighted by atomic mass is 32.2. The van der Waals surface area contributed by atoms with Gasteiger partial charge in [0.15, 0.2) is 6.04 Å². The molecule has 0 saturated carbocycles. The molecule has 2 unspecified atom stereocenters. The summed E-state index contributed by atoms with van der Waals surface area (Å²) in [5, 5.41) is 11.9. The Labute approximate surface area is 264 Å². The lowest BCUT2D eigenvalue weighted by atomic mass is 9.95. The third-order valence-electron chi connectivity index (χ3n) is 6.26. The van der Waals surface area contributed by atoms with Crippen LogP contribution in [0.15, 0.2) is 66.7 Å². The van der Waals surface area contributed by atoms with Crippen molar-refractivity contribution in [3.8, 4) is 16.9 Å². The van der Waals surface area contributed by atoms with Crippen LogP contribution in [0.2, 0.25) is 0 Å². The van der Waals surface area contributed by atoms with Gasteiger partial charge in [0.1, 0.15) is 22.7 Å². The molecule has 1 amide bonds. The number of nitrogens with one attached hydrogen (secondary N) is 2. The number of rotatable bonds is 11. The van der Waals surface area contributed by atoms with E-state index in [0.717, 1.165) is 0 Å². The summed E-state index contributed by atoms with van der Waals surface area (Å²) in [4.78, 5) is 23.5. The number of aliphatic carboxylic acids is 1. The fourth-order valence-electron chi connectivity index (χ4n) is 4.21. The summed E-state index contributed by atoms with van der Waals surface area (Å²) in [6, 6.07) is 15.6. The van der Waals surface area contributed by atoms with Gasteiger partial charge in [-0.15, -0.1) is 4.72 Å². The molecular formula is C33H39F3N2O6S. The van der Waals surface area contributed by atoms with Crippen molar-refractivity contribution in [2.24, 2.45) is 0 Å². The van der Waals surface area contributed by atoms with E-state index in [1.807, 2.05) is 0 Å². The van der Waals surface area contributed by atoms with E-state index in [4.69, 9.17) is 9.47 Å². The molecule has 0 fully saturated rings.